The summed E-state index contributed by atoms with van der Waals surface area (Å²) in [6.45, 7) is 7.10. The van der Waals surface area contributed by atoms with E-state index in [1.807, 2.05) is 24.4 Å². The summed E-state index contributed by atoms with van der Waals surface area (Å²) in [5.74, 6) is 1.66. The van der Waals surface area contributed by atoms with E-state index in [-0.39, 0.29) is 0 Å². The summed E-state index contributed by atoms with van der Waals surface area (Å²) in [5, 5.41) is 3.40. The molecule has 0 saturated carbocycles. The molecule has 1 aromatic heterocycles. The Kier molecular flexibility index (Phi) is 4.80. The van der Waals surface area contributed by atoms with E-state index in [2.05, 4.69) is 22.1 Å². The maximum Gasteiger partial charge on any atom is 0.125 e. The van der Waals surface area contributed by atoms with Gasteiger partial charge in [-0.1, -0.05) is 19.4 Å². The van der Waals surface area contributed by atoms with Crippen LogP contribution in [0.5, 0.6) is 0 Å². The number of piperidine rings is 1. The van der Waals surface area contributed by atoms with E-state index in [1.165, 1.54) is 38.9 Å². The van der Waals surface area contributed by atoms with Crippen LogP contribution in [0.3, 0.4) is 0 Å². The maximum absolute atomic E-state index is 4.27. The number of hydrogen-bond donors (Lipinski definition) is 1. The fourth-order valence-electron chi connectivity index (χ4n) is 2.39. The van der Waals surface area contributed by atoms with Crippen molar-refractivity contribution in [1.29, 1.82) is 0 Å². The summed E-state index contributed by atoms with van der Waals surface area (Å²) >= 11 is 0. The lowest BCUT2D eigenvalue weighted by Gasteiger charge is -2.29. The van der Waals surface area contributed by atoms with Gasteiger partial charge in [-0.15, -0.1) is 0 Å². The molecule has 0 spiro atoms. The molecule has 0 aliphatic carbocycles. The number of aromatic nitrogens is 1. The highest BCUT2D eigenvalue weighted by Gasteiger charge is 2.13. The van der Waals surface area contributed by atoms with Gasteiger partial charge in [0.15, 0.2) is 0 Å². The van der Waals surface area contributed by atoms with Gasteiger partial charge in [0.05, 0.1) is 0 Å². The zero-order chi connectivity index (χ0) is 11.9. The molecule has 94 valence electrons. The Hall–Kier alpha value is -1.09. The number of pyridine rings is 1. The first-order valence-electron chi connectivity index (χ1n) is 6.72. The van der Waals surface area contributed by atoms with Gasteiger partial charge in [0.25, 0.3) is 0 Å². The largest absolute Gasteiger partial charge is 0.370 e. The first-order valence-corrected chi connectivity index (χ1v) is 6.72. The number of hydrogen-bond acceptors (Lipinski definition) is 3. The number of anilines is 1. The van der Waals surface area contributed by atoms with Crippen LogP contribution in [0.2, 0.25) is 0 Å². The van der Waals surface area contributed by atoms with E-state index in [1.54, 1.807) is 0 Å². The quantitative estimate of drug-likeness (QED) is 0.847. The van der Waals surface area contributed by atoms with Crippen molar-refractivity contribution in [3.8, 4) is 0 Å². The highest BCUT2D eigenvalue weighted by Crippen LogP contribution is 2.11. The van der Waals surface area contributed by atoms with Crippen molar-refractivity contribution in [2.24, 2.45) is 5.92 Å². The van der Waals surface area contributed by atoms with Crippen LogP contribution in [0.1, 0.15) is 26.2 Å². The highest BCUT2D eigenvalue weighted by molar-refractivity contribution is 5.32. The molecule has 3 nitrogen and oxygen atoms in total. The van der Waals surface area contributed by atoms with Crippen LogP contribution >= 0.6 is 0 Å². The van der Waals surface area contributed by atoms with Crippen LogP contribution in [0.25, 0.3) is 0 Å². The lowest BCUT2D eigenvalue weighted by molar-refractivity contribution is 0.204. The van der Waals surface area contributed by atoms with Crippen molar-refractivity contribution in [2.75, 3.05) is 31.5 Å². The molecule has 1 aromatic rings. The fraction of sp³-hybridized carbons (Fsp3) is 0.643. The monoisotopic (exact) mass is 233 g/mol. The van der Waals surface area contributed by atoms with Gasteiger partial charge in [-0.05, 0) is 44.0 Å². The average Bonchev–Trinajstić information content (AvgIpc) is 2.39. The molecule has 1 saturated heterocycles. The molecule has 0 bridgehead atoms. The van der Waals surface area contributed by atoms with Crippen molar-refractivity contribution in [3.63, 3.8) is 0 Å². The van der Waals surface area contributed by atoms with E-state index >= 15 is 0 Å². The second-order valence-electron chi connectivity index (χ2n) is 5.06. The van der Waals surface area contributed by atoms with Gasteiger partial charge in [-0.2, -0.15) is 0 Å². The van der Waals surface area contributed by atoms with Gasteiger partial charge in [-0.3, -0.25) is 0 Å². The molecule has 0 radical (unpaired) electrons. The van der Waals surface area contributed by atoms with Crippen molar-refractivity contribution >= 4 is 5.82 Å². The summed E-state index contributed by atoms with van der Waals surface area (Å²) in [7, 11) is 0. The van der Waals surface area contributed by atoms with Crippen LogP contribution in [0.4, 0.5) is 5.82 Å². The second-order valence-corrected chi connectivity index (χ2v) is 5.06. The average molecular weight is 233 g/mol. The minimum Gasteiger partial charge on any atom is -0.370 e. The minimum atomic E-state index is 0.676. The minimum absolute atomic E-state index is 0.676. The Bertz CT molecular complexity index is 307. The van der Waals surface area contributed by atoms with E-state index in [0.29, 0.717) is 5.92 Å². The molecule has 1 unspecified atom stereocenters. The molecule has 17 heavy (non-hydrogen) atoms. The summed E-state index contributed by atoms with van der Waals surface area (Å²) < 4.78 is 0. The molecule has 1 aliphatic heterocycles. The Labute approximate surface area is 104 Å². The zero-order valence-corrected chi connectivity index (χ0v) is 10.7. The van der Waals surface area contributed by atoms with E-state index < -0.39 is 0 Å². The summed E-state index contributed by atoms with van der Waals surface area (Å²) in [6.07, 6.45) is 6.00. The summed E-state index contributed by atoms with van der Waals surface area (Å²) in [5.41, 5.74) is 0. The standard InChI is InChI=1S/C14H23N3/c1-13(12-17-9-5-2-6-10-17)11-16-14-7-3-4-8-15-14/h3-4,7-8,13H,2,5-6,9-12H2,1H3,(H,15,16). The van der Waals surface area contributed by atoms with Crippen LogP contribution < -0.4 is 5.32 Å². The lowest BCUT2D eigenvalue weighted by atomic mass is 10.1. The fourth-order valence-corrected chi connectivity index (χ4v) is 2.39. The first kappa shape index (κ1) is 12.4. The number of likely N-dealkylation sites (tertiary alicyclic amines) is 1. The third-order valence-corrected chi connectivity index (χ3v) is 3.32. The molecule has 1 N–H and O–H groups in total. The molecular formula is C14H23N3. The molecule has 0 aromatic carbocycles. The van der Waals surface area contributed by atoms with Gasteiger partial charge in [-0.25, -0.2) is 4.98 Å². The Balaban J connectivity index is 1.68. The number of rotatable bonds is 5. The highest BCUT2D eigenvalue weighted by atomic mass is 15.1. The van der Waals surface area contributed by atoms with Gasteiger partial charge in [0.1, 0.15) is 5.82 Å². The topological polar surface area (TPSA) is 28.2 Å². The van der Waals surface area contributed by atoms with Crippen LogP contribution in [-0.4, -0.2) is 36.1 Å². The molecule has 1 atom stereocenters. The summed E-state index contributed by atoms with van der Waals surface area (Å²) in [6, 6.07) is 5.99. The first-order chi connectivity index (χ1) is 8.34. The SMILES string of the molecule is CC(CNc1ccccn1)CN1CCCCC1. The Morgan fingerprint density at radius 1 is 1.29 bits per heavy atom. The van der Waals surface area contributed by atoms with Gasteiger partial charge >= 0.3 is 0 Å². The van der Waals surface area contributed by atoms with E-state index in [9.17, 15) is 0 Å². The zero-order valence-electron chi connectivity index (χ0n) is 10.7. The molecule has 0 amide bonds. The predicted octanol–water partition coefficient (Wildman–Crippen LogP) is 2.62. The van der Waals surface area contributed by atoms with Crippen LogP contribution in [0, 0.1) is 5.92 Å². The van der Waals surface area contributed by atoms with Gasteiger partial charge in [0.2, 0.25) is 0 Å². The van der Waals surface area contributed by atoms with Crippen molar-refractivity contribution in [1.82, 2.24) is 9.88 Å². The normalized spacial score (nSPS) is 18.9. The molecule has 2 heterocycles. The molecule has 1 aliphatic rings. The molecule has 2 rings (SSSR count). The smallest absolute Gasteiger partial charge is 0.125 e. The van der Waals surface area contributed by atoms with E-state index in [0.717, 1.165) is 12.4 Å². The number of nitrogens with zero attached hydrogens (tertiary/aromatic N) is 2. The van der Waals surface area contributed by atoms with Gasteiger partial charge in [0, 0.05) is 19.3 Å². The molecular weight excluding hydrogens is 210 g/mol. The second kappa shape index (κ2) is 6.60. The van der Waals surface area contributed by atoms with Crippen LogP contribution in [0.15, 0.2) is 24.4 Å². The predicted molar refractivity (Wildman–Crippen MR) is 72.2 cm³/mol. The van der Waals surface area contributed by atoms with Crippen LogP contribution in [-0.2, 0) is 0 Å². The maximum atomic E-state index is 4.27. The number of nitrogens with one attached hydrogen (secondary N) is 1. The Morgan fingerprint density at radius 3 is 2.82 bits per heavy atom. The van der Waals surface area contributed by atoms with Crippen molar-refractivity contribution in [3.05, 3.63) is 24.4 Å². The van der Waals surface area contributed by atoms with Gasteiger partial charge < -0.3 is 10.2 Å². The third kappa shape index (κ3) is 4.35. The summed E-state index contributed by atoms with van der Waals surface area (Å²) in [4.78, 5) is 6.86. The Morgan fingerprint density at radius 2 is 2.12 bits per heavy atom. The van der Waals surface area contributed by atoms with Crippen molar-refractivity contribution in [2.45, 2.75) is 26.2 Å². The lowest BCUT2D eigenvalue weighted by Crippen LogP contribution is -2.35. The third-order valence-electron chi connectivity index (χ3n) is 3.32. The van der Waals surface area contributed by atoms with Crippen molar-refractivity contribution < 1.29 is 0 Å². The molecule has 3 heteroatoms. The van der Waals surface area contributed by atoms with E-state index in [4.69, 9.17) is 0 Å². The molecule has 1 fully saturated rings.